The molecule has 0 radical (unpaired) electrons. The summed E-state index contributed by atoms with van der Waals surface area (Å²) in [6, 6.07) is 5.47. The fourth-order valence-electron chi connectivity index (χ4n) is 2.79. The maximum atomic E-state index is 12.6. The number of hydrogen-bond donors (Lipinski definition) is 1. The Labute approximate surface area is 157 Å². The van der Waals surface area contributed by atoms with Crippen molar-refractivity contribution >= 4 is 35.2 Å². The molecular weight excluding hydrogens is 364 g/mol. The third-order valence-electron chi connectivity index (χ3n) is 4.07. The molecule has 6 nitrogen and oxygen atoms in total. The quantitative estimate of drug-likeness (QED) is 0.719. The number of thioether (sulfide) groups is 1. The Morgan fingerprint density at radius 2 is 2.16 bits per heavy atom. The molecule has 1 aliphatic heterocycles. The van der Waals surface area contributed by atoms with Crippen LogP contribution in [0.2, 0.25) is 5.02 Å². The second-order valence-electron chi connectivity index (χ2n) is 5.99. The summed E-state index contributed by atoms with van der Waals surface area (Å²) in [5.74, 6) is 1.27. The highest BCUT2D eigenvalue weighted by atomic mass is 35.5. The number of hydrogen-bond acceptors (Lipinski definition) is 5. The first-order chi connectivity index (χ1) is 11.9. The van der Waals surface area contributed by atoms with Gasteiger partial charge in [-0.15, -0.1) is 11.8 Å². The SMILES string of the molecule is COC(=O)[C@H]1CN(C(=O)C[NH+](C)Cc2cc(Cl)ccc2OC)CCS1. The monoisotopic (exact) mass is 387 g/mol. The van der Waals surface area contributed by atoms with Crippen LogP contribution in [0.1, 0.15) is 5.56 Å². The average Bonchev–Trinajstić information content (AvgIpc) is 2.61. The number of quaternary nitrogens is 1. The van der Waals surface area contributed by atoms with E-state index in [-0.39, 0.29) is 17.1 Å². The van der Waals surface area contributed by atoms with Gasteiger partial charge in [0.1, 0.15) is 17.5 Å². The van der Waals surface area contributed by atoms with E-state index in [4.69, 9.17) is 21.1 Å². The molecule has 1 saturated heterocycles. The molecule has 2 atom stereocenters. The van der Waals surface area contributed by atoms with E-state index < -0.39 is 0 Å². The Kier molecular flexibility index (Phi) is 7.40. The number of nitrogens with one attached hydrogen (secondary N) is 1. The number of carbonyl (C=O) groups excluding carboxylic acids is 2. The van der Waals surface area contributed by atoms with Gasteiger partial charge in [0.05, 0.1) is 21.3 Å². The van der Waals surface area contributed by atoms with Crippen molar-refractivity contribution in [2.45, 2.75) is 11.8 Å². The van der Waals surface area contributed by atoms with Crippen molar-refractivity contribution in [2.75, 3.05) is 46.7 Å². The highest BCUT2D eigenvalue weighted by Crippen LogP contribution is 2.22. The number of methoxy groups -OCH3 is 2. The lowest BCUT2D eigenvalue weighted by molar-refractivity contribution is -0.885. The number of amides is 1. The first kappa shape index (κ1) is 19.9. The summed E-state index contributed by atoms with van der Waals surface area (Å²) in [7, 11) is 4.94. The topological polar surface area (TPSA) is 60.3 Å². The van der Waals surface area contributed by atoms with Gasteiger partial charge in [-0.05, 0) is 18.2 Å². The van der Waals surface area contributed by atoms with Gasteiger partial charge in [0, 0.05) is 29.4 Å². The highest BCUT2D eigenvalue weighted by Gasteiger charge is 2.30. The van der Waals surface area contributed by atoms with E-state index in [1.54, 1.807) is 18.1 Å². The van der Waals surface area contributed by atoms with Crippen molar-refractivity contribution < 1.29 is 24.0 Å². The summed E-state index contributed by atoms with van der Waals surface area (Å²) in [6.45, 7) is 2.03. The van der Waals surface area contributed by atoms with Gasteiger partial charge >= 0.3 is 5.97 Å². The van der Waals surface area contributed by atoms with Gasteiger partial charge in [0.15, 0.2) is 6.54 Å². The van der Waals surface area contributed by atoms with Gasteiger partial charge in [0.25, 0.3) is 5.91 Å². The zero-order chi connectivity index (χ0) is 18.4. The van der Waals surface area contributed by atoms with Crippen molar-refractivity contribution in [1.82, 2.24) is 4.90 Å². The molecule has 8 heteroatoms. The Hall–Kier alpha value is -1.44. The largest absolute Gasteiger partial charge is 0.496 e. The fraction of sp³-hybridized carbons (Fsp3) is 0.529. The molecule has 0 spiro atoms. The summed E-state index contributed by atoms with van der Waals surface area (Å²) in [4.78, 5) is 27.0. The van der Waals surface area contributed by atoms with Crippen molar-refractivity contribution in [3.8, 4) is 5.75 Å². The Morgan fingerprint density at radius 1 is 1.40 bits per heavy atom. The molecule has 1 aromatic carbocycles. The third-order valence-corrected chi connectivity index (χ3v) is 5.47. The van der Waals surface area contributed by atoms with Crippen molar-refractivity contribution in [3.63, 3.8) is 0 Å². The standard InChI is InChI=1S/C17H23ClN2O4S/c1-19(9-12-8-13(18)4-5-14(12)23-2)11-16(21)20-6-7-25-15(10-20)17(22)24-3/h4-5,8,15H,6-7,9-11H2,1-3H3/p+1/t15-/m1/s1. The Morgan fingerprint density at radius 3 is 2.84 bits per heavy atom. The van der Waals surface area contributed by atoms with Gasteiger partial charge in [-0.25, -0.2) is 0 Å². The van der Waals surface area contributed by atoms with Crippen LogP contribution < -0.4 is 9.64 Å². The minimum Gasteiger partial charge on any atom is -0.496 e. The molecule has 0 saturated carbocycles. The first-order valence-electron chi connectivity index (χ1n) is 8.05. The molecule has 1 N–H and O–H groups in total. The summed E-state index contributed by atoms with van der Waals surface area (Å²) in [6.07, 6.45) is 0. The molecule has 0 bridgehead atoms. The van der Waals surface area contributed by atoms with Gasteiger partial charge in [0.2, 0.25) is 0 Å². The molecule has 1 unspecified atom stereocenters. The van der Waals surface area contributed by atoms with Crippen molar-refractivity contribution in [1.29, 1.82) is 0 Å². The summed E-state index contributed by atoms with van der Waals surface area (Å²) in [5.41, 5.74) is 0.960. The third kappa shape index (κ3) is 5.52. The first-order valence-corrected chi connectivity index (χ1v) is 9.48. The fourth-order valence-corrected chi connectivity index (χ4v) is 4.12. The summed E-state index contributed by atoms with van der Waals surface area (Å²) in [5, 5.41) is 0.347. The smallest absolute Gasteiger partial charge is 0.320 e. The van der Waals surface area contributed by atoms with E-state index in [0.29, 0.717) is 31.2 Å². The zero-order valence-electron chi connectivity index (χ0n) is 14.7. The molecular formula is C17H24ClN2O4S+. The number of carbonyl (C=O) groups is 2. The van der Waals surface area contributed by atoms with Crippen LogP contribution in [-0.4, -0.2) is 68.7 Å². The lowest BCUT2D eigenvalue weighted by Gasteiger charge is -2.31. The molecule has 1 heterocycles. The number of benzene rings is 1. The normalized spacial score (nSPS) is 18.6. The Balaban J connectivity index is 1.94. The van der Waals surface area contributed by atoms with Crippen LogP contribution in [0.5, 0.6) is 5.75 Å². The van der Waals surface area contributed by atoms with E-state index >= 15 is 0 Å². The maximum absolute atomic E-state index is 12.6. The van der Waals surface area contributed by atoms with Crippen LogP contribution in [0, 0.1) is 0 Å². The molecule has 0 aliphatic carbocycles. The molecule has 25 heavy (non-hydrogen) atoms. The maximum Gasteiger partial charge on any atom is 0.320 e. The van der Waals surface area contributed by atoms with Gasteiger partial charge in [-0.3, -0.25) is 9.59 Å². The van der Waals surface area contributed by atoms with Crippen LogP contribution in [0.25, 0.3) is 0 Å². The van der Waals surface area contributed by atoms with Gasteiger partial charge in [-0.1, -0.05) is 11.6 Å². The van der Waals surface area contributed by atoms with Crippen LogP contribution in [0.4, 0.5) is 0 Å². The zero-order valence-corrected chi connectivity index (χ0v) is 16.3. The van der Waals surface area contributed by atoms with Crippen molar-refractivity contribution in [3.05, 3.63) is 28.8 Å². The van der Waals surface area contributed by atoms with E-state index in [1.807, 2.05) is 19.2 Å². The highest BCUT2D eigenvalue weighted by molar-refractivity contribution is 8.00. The lowest BCUT2D eigenvalue weighted by atomic mass is 10.2. The summed E-state index contributed by atoms with van der Waals surface area (Å²) >= 11 is 7.60. The lowest BCUT2D eigenvalue weighted by Crippen LogP contribution is -3.09. The predicted octanol–water partition coefficient (Wildman–Crippen LogP) is 0.480. The van der Waals surface area contributed by atoms with E-state index in [9.17, 15) is 9.59 Å². The number of nitrogens with zero attached hydrogens (tertiary/aromatic N) is 1. The van der Waals surface area contributed by atoms with Crippen LogP contribution in [0.15, 0.2) is 18.2 Å². The summed E-state index contributed by atoms with van der Waals surface area (Å²) < 4.78 is 10.1. The predicted molar refractivity (Wildman–Crippen MR) is 98.3 cm³/mol. The minimum absolute atomic E-state index is 0.0349. The van der Waals surface area contributed by atoms with Crippen LogP contribution in [0.3, 0.4) is 0 Å². The molecule has 1 aliphatic rings. The number of halogens is 1. The molecule has 0 aromatic heterocycles. The molecule has 1 amide bonds. The van der Waals surface area contributed by atoms with Gasteiger partial charge < -0.3 is 19.3 Å². The number of esters is 1. The minimum atomic E-state index is -0.295. The van der Waals surface area contributed by atoms with E-state index in [1.165, 1.54) is 18.9 Å². The molecule has 1 aromatic rings. The van der Waals surface area contributed by atoms with E-state index in [0.717, 1.165) is 22.0 Å². The average molecular weight is 388 g/mol. The number of likely N-dealkylation sites (N-methyl/N-ethyl adjacent to an activating group) is 1. The van der Waals surface area contributed by atoms with Crippen LogP contribution >= 0.6 is 23.4 Å². The molecule has 1 fully saturated rings. The molecule has 2 rings (SSSR count). The number of ether oxygens (including phenoxy) is 2. The van der Waals surface area contributed by atoms with Crippen molar-refractivity contribution in [2.24, 2.45) is 0 Å². The second kappa shape index (κ2) is 9.31. The Bertz CT molecular complexity index is 629. The molecule has 138 valence electrons. The van der Waals surface area contributed by atoms with E-state index in [2.05, 4.69) is 0 Å². The van der Waals surface area contributed by atoms with Crippen LogP contribution in [-0.2, 0) is 20.9 Å². The second-order valence-corrected chi connectivity index (χ2v) is 7.74. The van der Waals surface area contributed by atoms with Gasteiger partial charge in [-0.2, -0.15) is 0 Å². The number of rotatable bonds is 6.